The molecule has 0 aliphatic heterocycles. The summed E-state index contributed by atoms with van der Waals surface area (Å²) in [5.74, 6) is 1.87. The first-order chi connectivity index (χ1) is 14.2. The van der Waals surface area contributed by atoms with Crippen molar-refractivity contribution in [2.75, 3.05) is 19.0 Å². The number of carbonyl (C=O) groups is 1. The van der Waals surface area contributed by atoms with Gasteiger partial charge < -0.3 is 19.3 Å². The second kappa shape index (κ2) is 8.87. The van der Waals surface area contributed by atoms with Crippen molar-refractivity contribution in [3.05, 3.63) is 52.3 Å². The number of hydrogen-bond acceptors (Lipinski definition) is 6. The van der Waals surface area contributed by atoms with Crippen LogP contribution in [0.2, 0.25) is 0 Å². The number of amides is 1. The molecule has 3 aromatic rings. The number of aromatic nitrogens is 2. The largest absolute Gasteiger partial charge is 0.493 e. The Bertz CT molecular complexity index is 1040. The van der Waals surface area contributed by atoms with E-state index in [0.717, 1.165) is 5.56 Å². The molecule has 1 heterocycles. The molecule has 0 bridgehead atoms. The second-order valence-corrected chi connectivity index (χ2v) is 8.48. The molecule has 0 saturated carbocycles. The van der Waals surface area contributed by atoms with Crippen LogP contribution in [0.1, 0.15) is 43.9 Å². The highest BCUT2D eigenvalue weighted by Gasteiger charge is 2.22. The molecule has 1 amide bonds. The lowest BCUT2D eigenvalue weighted by molar-refractivity contribution is 0.102. The highest BCUT2D eigenvalue weighted by molar-refractivity contribution is 9.10. The number of nitrogens with one attached hydrogen (secondary N) is 1. The Labute approximate surface area is 183 Å². The Kier molecular flexibility index (Phi) is 6.45. The summed E-state index contributed by atoms with van der Waals surface area (Å²) in [6.45, 7) is 8.41. The summed E-state index contributed by atoms with van der Waals surface area (Å²) < 4.78 is 16.9. The minimum atomic E-state index is -0.264. The molecule has 1 N–H and O–H groups in total. The molecule has 0 fully saturated rings. The van der Waals surface area contributed by atoms with E-state index in [1.807, 2.05) is 39.8 Å². The highest BCUT2D eigenvalue weighted by Crippen LogP contribution is 2.37. The van der Waals surface area contributed by atoms with E-state index in [9.17, 15) is 4.79 Å². The van der Waals surface area contributed by atoms with Crippen molar-refractivity contribution in [3.8, 4) is 22.9 Å². The van der Waals surface area contributed by atoms with E-state index >= 15 is 0 Å². The highest BCUT2D eigenvalue weighted by atomic mass is 79.9. The number of anilines is 1. The third kappa shape index (κ3) is 4.81. The minimum absolute atomic E-state index is 0.216. The number of halogens is 1. The average molecular weight is 474 g/mol. The van der Waals surface area contributed by atoms with E-state index < -0.39 is 0 Å². The van der Waals surface area contributed by atoms with E-state index in [-0.39, 0.29) is 11.3 Å². The predicted octanol–water partition coefficient (Wildman–Crippen LogP) is 5.46. The van der Waals surface area contributed by atoms with Gasteiger partial charge in [-0.15, -0.1) is 0 Å². The normalized spacial score (nSPS) is 11.3. The van der Waals surface area contributed by atoms with Crippen LogP contribution in [0.5, 0.6) is 11.5 Å². The fraction of sp³-hybridized carbons (Fsp3) is 0.318. The Hall–Kier alpha value is -2.87. The van der Waals surface area contributed by atoms with Crippen molar-refractivity contribution in [2.24, 2.45) is 0 Å². The predicted molar refractivity (Wildman–Crippen MR) is 118 cm³/mol. The lowest BCUT2D eigenvalue weighted by atomic mass is 9.97. The van der Waals surface area contributed by atoms with E-state index in [2.05, 4.69) is 31.4 Å². The van der Waals surface area contributed by atoms with Crippen LogP contribution in [0.25, 0.3) is 11.4 Å². The van der Waals surface area contributed by atoms with Crippen LogP contribution in [0.4, 0.5) is 5.69 Å². The summed E-state index contributed by atoms with van der Waals surface area (Å²) in [5.41, 5.74) is 1.68. The Morgan fingerprint density at radius 1 is 1.20 bits per heavy atom. The summed E-state index contributed by atoms with van der Waals surface area (Å²) in [6.07, 6.45) is 0. The van der Waals surface area contributed by atoms with Crippen molar-refractivity contribution in [1.82, 2.24) is 10.1 Å². The van der Waals surface area contributed by atoms with Gasteiger partial charge in [0.05, 0.1) is 18.2 Å². The number of carbonyl (C=O) groups excluding carboxylic acids is 1. The van der Waals surface area contributed by atoms with Gasteiger partial charge in [-0.05, 0) is 59.3 Å². The lowest BCUT2D eigenvalue weighted by Gasteiger charge is -2.13. The van der Waals surface area contributed by atoms with Gasteiger partial charge in [0.2, 0.25) is 11.7 Å². The van der Waals surface area contributed by atoms with Crippen LogP contribution in [-0.2, 0) is 5.41 Å². The maximum atomic E-state index is 12.7. The number of benzene rings is 2. The van der Waals surface area contributed by atoms with Gasteiger partial charge in [0, 0.05) is 22.2 Å². The molecule has 8 heteroatoms. The van der Waals surface area contributed by atoms with E-state index in [0.29, 0.717) is 45.5 Å². The van der Waals surface area contributed by atoms with Crippen molar-refractivity contribution in [2.45, 2.75) is 33.1 Å². The molecule has 1 aromatic heterocycles. The summed E-state index contributed by atoms with van der Waals surface area (Å²) in [7, 11) is 1.54. The van der Waals surface area contributed by atoms with Gasteiger partial charge in [0.25, 0.3) is 5.91 Å². The standard InChI is InChI=1S/C22H24BrN3O4/c1-6-29-18-16(23)11-14(12-17(18)28-5)20(27)24-15-9-7-13(8-10-15)19-25-21(30-26-19)22(2,3)4/h7-12H,6H2,1-5H3,(H,24,27). The van der Waals surface area contributed by atoms with Crippen molar-refractivity contribution in [3.63, 3.8) is 0 Å². The quantitative estimate of drug-likeness (QED) is 0.511. The van der Waals surface area contributed by atoms with Gasteiger partial charge >= 0.3 is 0 Å². The Morgan fingerprint density at radius 2 is 1.90 bits per heavy atom. The average Bonchev–Trinajstić information content (AvgIpc) is 3.20. The maximum Gasteiger partial charge on any atom is 0.255 e. The third-order valence-corrected chi connectivity index (χ3v) is 4.84. The maximum absolute atomic E-state index is 12.7. The Balaban J connectivity index is 1.76. The lowest BCUT2D eigenvalue weighted by Crippen LogP contribution is -2.12. The first-order valence-corrected chi connectivity index (χ1v) is 10.3. The number of nitrogens with zero attached hydrogens (tertiary/aromatic N) is 2. The van der Waals surface area contributed by atoms with E-state index in [1.165, 1.54) is 7.11 Å². The number of rotatable bonds is 6. The van der Waals surface area contributed by atoms with Crippen molar-refractivity contribution >= 4 is 27.5 Å². The van der Waals surface area contributed by atoms with Gasteiger partial charge in [0.1, 0.15) is 0 Å². The SMILES string of the molecule is CCOc1c(Br)cc(C(=O)Nc2ccc(-c3noc(C(C)(C)C)n3)cc2)cc1OC. The van der Waals surface area contributed by atoms with Crippen molar-refractivity contribution < 1.29 is 18.8 Å². The zero-order valence-corrected chi connectivity index (χ0v) is 19.2. The number of ether oxygens (including phenoxy) is 2. The first kappa shape index (κ1) is 21.8. The zero-order chi connectivity index (χ0) is 21.9. The molecule has 0 saturated heterocycles. The summed E-state index contributed by atoms with van der Waals surface area (Å²) in [5, 5.41) is 6.91. The number of methoxy groups -OCH3 is 1. The molecule has 7 nitrogen and oxygen atoms in total. The van der Waals surface area contributed by atoms with Crippen LogP contribution in [0, 0.1) is 0 Å². The van der Waals surface area contributed by atoms with Crippen LogP contribution in [0.15, 0.2) is 45.4 Å². The molecule has 158 valence electrons. The molecule has 0 atom stereocenters. The molecule has 0 aliphatic rings. The van der Waals surface area contributed by atoms with Crippen LogP contribution < -0.4 is 14.8 Å². The molecule has 3 rings (SSSR count). The monoisotopic (exact) mass is 473 g/mol. The van der Waals surface area contributed by atoms with Crippen LogP contribution in [-0.4, -0.2) is 29.8 Å². The third-order valence-electron chi connectivity index (χ3n) is 4.25. The second-order valence-electron chi connectivity index (χ2n) is 7.63. The van der Waals surface area contributed by atoms with Gasteiger partial charge in [-0.1, -0.05) is 25.9 Å². The molecular weight excluding hydrogens is 450 g/mol. The molecule has 0 unspecified atom stereocenters. The molecule has 30 heavy (non-hydrogen) atoms. The molecular formula is C22H24BrN3O4. The molecule has 2 aromatic carbocycles. The Morgan fingerprint density at radius 3 is 2.47 bits per heavy atom. The van der Waals surface area contributed by atoms with E-state index in [4.69, 9.17) is 14.0 Å². The molecule has 0 spiro atoms. The van der Waals surface area contributed by atoms with Gasteiger partial charge in [-0.3, -0.25) is 4.79 Å². The zero-order valence-electron chi connectivity index (χ0n) is 17.6. The number of hydrogen-bond donors (Lipinski definition) is 1. The van der Waals surface area contributed by atoms with E-state index in [1.54, 1.807) is 24.3 Å². The molecule has 0 radical (unpaired) electrons. The summed E-state index contributed by atoms with van der Waals surface area (Å²) >= 11 is 3.44. The van der Waals surface area contributed by atoms with Gasteiger partial charge in [0.15, 0.2) is 11.5 Å². The summed E-state index contributed by atoms with van der Waals surface area (Å²) in [4.78, 5) is 17.2. The van der Waals surface area contributed by atoms with Gasteiger partial charge in [-0.2, -0.15) is 4.98 Å². The van der Waals surface area contributed by atoms with Gasteiger partial charge in [-0.25, -0.2) is 0 Å². The first-order valence-electron chi connectivity index (χ1n) is 9.49. The van der Waals surface area contributed by atoms with Crippen LogP contribution in [0.3, 0.4) is 0 Å². The molecule has 0 aliphatic carbocycles. The minimum Gasteiger partial charge on any atom is -0.493 e. The van der Waals surface area contributed by atoms with Crippen molar-refractivity contribution in [1.29, 1.82) is 0 Å². The fourth-order valence-electron chi connectivity index (χ4n) is 2.69. The topological polar surface area (TPSA) is 86.5 Å². The smallest absolute Gasteiger partial charge is 0.255 e. The summed E-state index contributed by atoms with van der Waals surface area (Å²) in [6, 6.07) is 10.6. The van der Waals surface area contributed by atoms with Crippen LogP contribution >= 0.6 is 15.9 Å². The fourth-order valence-corrected chi connectivity index (χ4v) is 3.24.